The average molecular weight is 300 g/mol. The zero-order valence-corrected chi connectivity index (χ0v) is 11.5. The summed E-state index contributed by atoms with van der Waals surface area (Å²) in [5.41, 5.74) is 1.66. The minimum absolute atomic E-state index is 0.0622. The summed E-state index contributed by atoms with van der Waals surface area (Å²) in [6.45, 7) is 0. The summed E-state index contributed by atoms with van der Waals surface area (Å²) >= 11 is 5.82. The molecule has 3 rings (SSSR count). The number of rotatable bonds is 2. The van der Waals surface area contributed by atoms with Gasteiger partial charge in [-0.2, -0.15) is 0 Å². The van der Waals surface area contributed by atoms with Crippen LogP contribution >= 0.6 is 11.6 Å². The third-order valence-corrected chi connectivity index (χ3v) is 3.44. The first-order chi connectivity index (χ1) is 10.1. The number of nitrogens with one attached hydrogen (secondary N) is 1. The first kappa shape index (κ1) is 13.4. The van der Waals surface area contributed by atoms with Crippen LogP contribution in [0.15, 0.2) is 48.5 Å². The fourth-order valence-electron chi connectivity index (χ4n) is 2.20. The third-order valence-electron chi connectivity index (χ3n) is 3.21. The SMILES string of the molecule is O=C1Nc2ccccc2/C1=C\C(=O)c1cc(Cl)ccc1O. The zero-order valence-electron chi connectivity index (χ0n) is 10.8. The first-order valence-corrected chi connectivity index (χ1v) is 6.59. The molecule has 2 aromatic rings. The van der Waals surface area contributed by atoms with Gasteiger partial charge in [-0.1, -0.05) is 29.8 Å². The van der Waals surface area contributed by atoms with Crippen LogP contribution in [0.3, 0.4) is 0 Å². The second-order valence-electron chi connectivity index (χ2n) is 4.58. The quantitative estimate of drug-likeness (QED) is 0.660. The number of benzene rings is 2. The van der Waals surface area contributed by atoms with Gasteiger partial charge in [0.25, 0.3) is 5.91 Å². The van der Waals surface area contributed by atoms with Crippen LogP contribution in [-0.4, -0.2) is 16.8 Å². The van der Waals surface area contributed by atoms with E-state index in [2.05, 4.69) is 5.32 Å². The van der Waals surface area contributed by atoms with E-state index in [0.29, 0.717) is 16.3 Å². The molecule has 1 aliphatic rings. The molecule has 1 heterocycles. The lowest BCUT2D eigenvalue weighted by atomic mass is 10.0. The number of para-hydroxylation sites is 1. The lowest BCUT2D eigenvalue weighted by Gasteiger charge is -2.02. The number of ketones is 1. The van der Waals surface area contributed by atoms with Crippen molar-refractivity contribution in [3.05, 3.63) is 64.7 Å². The fraction of sp³-hybridized carbons (Fsp3) is 0. The number of allylic oxidation sites excluding steroid dienone is 1. The molecule has 2 N–H and O–H groups in total. The molecule has 21 heavy (non-hydrogen) atoms. The van der Waals surface area contributed by atoms with E-state index >= 15 is 0 Å². The molecule has 2 aromatic carbocycles. The molecule has 1 aliphatic heterocycles. The maximum absolute atomic E-state index is 12.3. The van der Waals surface area contributed by atoms with Crippen LogP contribution in [0, 0.1) is 0 Å². The number of fused-ring (bicyclic) bond motifs is 1. The Morgan fingerprint density at radius 2 is 1.95 bits per heavy atom. The molecule has 0 saturated carbocycles. The Labute approximate surface area is 125 Å². The Morgan fingerprint density at radius 1 is 1.19 bits per heavy atom. The number of carbonyl (C=O) groups is 2. The Hall–Kier alpha value is -2.59. The normalized spacial score (nSPS) is 14.9. The van der Waals surface area contributed by atoms with E-state index < -0.39 is 5.78 Å². The van der Waals surface area contributed by atoms with Gasteiger partial charge in [0.15, 0.2) is 5.78 Å². The van der Waals surface area contributed by atoms with Gasteiger partial charge in [0.2, 0.25) is 0 Å². The van der Waals surface area contributed by atoms with E-state index in [9.17, 15) is 14.7 Å². The summed E-state index contributed by atoms with van der Waals surface area (Å²) in [5, 5.41) is 12.8. The van der Waals surface area contributed by atoms with Crippen LogP contribution in [0.4, 0.5) is 5.69 Å². The minimum atomic E-state index is -0.475. The number of aromatic hydroxyl groups is 1. The molecular formula is C16H10ClNO3. The van der Waals surface area contributed by atoms with Gasteiger partial charge in [0, 0.05) is 16.3 Å². The molecule has 0 radical (unpaired) electrons. The largest absolute Gasteiger partial charge is 0.507 e. The van der Waals surface area contributed by atoms with Crippen molar-refractivity contribution in [2.45, 2.75) is 0 Å². The summed E-state index contributed by atoms with van der Waals surface area (Å²) in [4.78, 5) is 24.2. The van der Waals surface area contributed by atoms with E-state index in [4.69, 9.17) is 11.6 Å². The van der Waals surface area contributed by atoms with Crippen LogP contribution in [0.25, 0.3) is 5.57 Å². The van der Waals surface area contributed by atoms with Crippen molar-refractivity contribution >= 4 is 34.6 Å². The molecule has 0 saturated heterocycles. The van der Waals surface area contributed by atoms with E-state index in [-0.39, 0.29) is 22.8 Å². The Balaban J connectivity index is 2.04. The monoisotopic (exact) mass is 299 g/mol. The average Bonchev–Trinajstić information content (AvgIpc) is 2.78. The van der Waals surface area contributed by atoms with Gasteiger partial charge in [0.1, 0.15) is 5.75 Å². The summed E-state index contributed by atoms with van der Waals surface area (Å²) in [7, 11) is 0. The summed E-state index contributed by atoms with van der Waals surface area (Å²) in [6, 6.07) is 11.3. The number of phenols is 1. The van der Waals surface area contributed by atoms with E-state index in [0.717, 1.165) is 0 Å². The highest BCUT2D eigenvalue weighted by atomic mass is 35.5. The summed E-state index contributed by atoms with van der Waals surface area (Å²) in [6.07, 6.45) is 1.21. The van der Waals surface area contributed by atoms with E-state index in [1.165, 1.54) is 24.3 Å². The molecule has 0 spiro atoms. The Morgan fingerprint density at radius 3 is 2.76 bits per heavy atom. The summed E-state index contributed by atoms with van der Waals surface area (Å²) < 4.78 is 0. The number of hydrogen-bond acceptors (Lipinski definition) is 3. The van der Waals surface area contributed by atoms with Crippen LogP contribution in [0.2, 0.25) is 5.02 Å². The highest BCUT2D eigenvalue weighted by molar-refractivity contribution is 6.35. The third kappa shape index (κ3) is 2.41. The molecule has 4 nitrogen and oxygen atoms in total. The minimum Gasteiger partial charge on any atom is -0.507 e. The Bertz CT molecular complexity index is 796. The molecule has 0 bridgehead atoms. The molecular weight excluding hydrogens is 290 g/mol. The molecule has 0 atom stereocenters. The van der Waals surface area contributed by atoms with Crippen LogP contribution < -0.4 is 5.32 Å². The lowest BCUT2D eigenvalue weighted by Crippen LogP contribution is -2.06. The van der Waals surface area contributed by atoms with Gasteiger partial charge in [-0.3, -0.25) is 9.59 Å². The van der Waals surface area contributed by atoms with Crippen molar-refractivity contribution in [1.29, 1.82) is 0 Å². The van der Waals surface area contributed by atoms with Crippen molar-refractivity contribution in [3.8, 4) is 5.75 Å². The van der Waals surface area contributed by atoms with Crippen LogP contribution in [0.1, 0.15) is 15.9 Å². The highest BCUT2D eigenvalue weighted by Gasteiger charge is 2.25. The van der Waals surface area contributed by atoms with Crippen molar-refractivity contribution in [2.75, 3.05) is 5.32 Å². The standard InChI is InChI=1S/C16H10ClNO3/c17-9-5-6-14(19)12(7-9)15(20)8-11-10-3-1-2-4-13(10)18-16(11)21/h1-8,19H,(H,18,21)/b11-8+. The van der Waals surface area contributed by atoms with Gasteiger partial charge < -0.3 is 10.4 Å². The molecule has 0 aromatic heterocycles. The molecule has 0 unspecified atom stereocenters. The number of amides is 1. The van der Waals surface area contributed by atoms with Crippen molar-refractivity contribution in [1.82, 2.24) is 0 Å². The number of anilines is 1. The second-order valence-corrected chi connectivity index (χ2v) is 5.02. The van der Waals surface area contributed by atoms with Crippen molar-refractivity contribution in [2.24, 2.45) is 0 Å². The van der Waals surface area contributed by atoms with Gasteiger partial charge in [-0.05, 0) is 30.3 Å². The van der Waals surface area contributed by atoms with Crippen LogP contribution in [-0.2, 0) is 4.79 Å². The molecule has 104 valence electrons. The van der Waals surface area contributed by atoms with Crippen molar-refractivity contribution < 1.29 is 14.7 Å². The van der Waals surface area contributed by atoms with Gasteiger partial charge in [0.05, 0.1) is 11.1 Å². The maximum Gasteiger partial charge on any atom is 0.256 e. The molecule has 1 amide bonds. The topological polar surface area (TPSA) is 66.4 Å². The molecule has 0 aliphatic carbocycles. The highest BCUT2D eigenvalue weighted by Crippen LogP contribution is 2.32. The summed E-state index contributed by atoms with van der Waals surface area (Å²) in [5.74, 6) is -0.990. The predicted molar refractivity (Wildman–Crippen MR) is 80.5 cm³/mol. The number of halogens is 1. The smallest absolute Gasteiger partial charge is 0.256 e. The fourth-order valence-corrected chi connectivity index (χ4v) is 2.37. The zero-order chi connectivity index (χ0) is 15.0. The molecule has 5 heteroatoms. The Kier molecular flexibility index (Phi) is 3.23. The van der Waals surface area contributed by atoms with E-state index in [1.807, 2.05) is 0 Å². The van der Waals surface area contributed by atoms with Crippen molar-refractivity contribution in [3.63, 3.8) is 0 Å². The number of hydrogen-bond donors (Lipinski definition) is 2. The maximum atomic E-state index is 12.3. The molecule has 0 fully saturated rings. The van der Waals surface area contributed by atoms with Gasteiger partial charge in [-0.15, -0.1) is 0 Å². The van der Waals surface area contributed by atoms with E-state index in [1.54, 1.807) is 24.3 Å². The first-order valence-electron chi connectivity index (χ1n) is 6.21. The van der Waals surface area contributed by atoms with Gasteiger partial charge in [-0.25, -0.2) is 0 Å². The number of phenolic OH excluding ortho intramolecular Hbond substituents is 1. The second kappa shape index (κ2) is 5.07. The van der Waals surface area contributed by atoms with Crippen LogP contribution in [0.5, 0.6) is 5.75 Å². The predicted octanol–water partition coefficient (Wildman–Crippen LogP) is 3.26. The lowest BCUT2D eigenvalue weighted by molar-refractivity contribution is -0.110. The number of carbonyl (C=O) groups excluding carboxylic acids is 2. The van der Waals surface area contributed by atoms with Gasteiger partial charge >= 0.3 is 0 Å².